The zero-order valence-corrected chi connectivity index (χ0v) is 9.61. The van der Waals surface area contributed by atoms with E-state index < -0.39 is 10.0 Å². The van der Waals surface area contributed by atoms with Crippen molar-refractivity contribution in [3.8, 4) is 0 Å². The molecular formula is C8H16ClNO2S. The third-order valence-electron chi connectivity index (χ3n) is 2.52. The van der Waals surface area contributed by atoms with E-state index in [9.17, 15) is 8.42 Å². The lowest BCUT2D eigenvalue weighted by molar-refractivity contribution is 0.286. The zero-order chi connectivity index (χ0) is 10.1. The van der Waals surface area contributed by atoms with Gasteiger partial charge in [-0.15, -0.1) is 11.6 Å². The lowest BCUT2D eigenvalue weighted by Crippen LogP contribution is -2.43. The molecule has 2 unspecified atom stereocenters. The largest absolute Gasteiger partial charge is 0.213 e. The quantitative estimate of drug-likeness (QED) is 0.665. The second-order valence-electron chi connectivity index (χ2n) is 3.54. The van der Waals surface area contributed by atoms with Crippen LogP contribution in [0.5, 0.6) is 0 Å². The van der Waals surface area contributed by atoms with Crippen LogP contribution in [0.25, 0.3) is 0 Å². The van der Waals surface area contributed by atoms with Crippen molar-refractivity contribution in [1.29, 1.82) is 0 Å². The Morgan fingerprint density at radius 3 is 2.62 bits per heavy atom. The van der Waals surface area contributed by atoms with Crippen LogP contribution in [0.1, 0.15) is 20.3 Å². The van der Waals surface area contributed by atoms with Gasteiger partial charge in [0.15, 0.2) is 0 Å². The SMILES string of the molecule is CCS(=O)(=O)N1CCC(Cl)C(C)C1. The number of nitrogens with zero attached hydrogens (tertiary/aromatic N) is 1. The predicted octanol–water partition coefficient (Wildman–Crippen LogP) is 1.29. The molecule has 5 heteroatoms. The van der Waals surface area contributed by atoms with E-state index >= 15 is 0 Å². The zero-order valence-electron chi connectivity index (χ0n) is 8.03. The molecule has 1 heterocycles. The molecule has 0 radical (unpaired) electrons. The maximum Gasteiger partial charge on any atom is 0.213 e. The van der Waals surface area contributed by atoms with Crippen LogP contribution in [0.3, 0.4) is 0 Å². The average Bonchev–Trinajstić information content (AvgIpc) is 2.09. The number of hydrogen-bond donors (Lipinski definition) is 0. The minimum absolute atomic E-state index is 0.128. The summed E-state index contributed by atoms with van der Waals surface area (Å²) in [6, 6.07) is 0. The van der Waals surface area contributed by atoms with Crippen molar-refractivity contribution >= 4 is 21.6 Å². The highest BCUT2D eigenvalue weighted by molar-refractivity contribution is 7.89. The van der Waals surface area contributed by atoms with Gasteiger partial charge in [0.05, 0.1) is 5.75 Å². The van der Waals surface area contributed by atoms with E-state index in [0.29, 0.717) is 13.1 Å². The maximum atomic E-state index is 11.5. The van der Waals surface area contributed by atoms with Crippen molar-refractivity contribution < 1.29 is 8.42 Å². The Balaban J connectivity index is 2.66. The first-order valence-electron chi connectivity index (χ1n) is 4.59. The average molecular weight is 226 g/mol. The van der Waals surface area contributed by atoms with Gasteiger partial charge in [-0.3, -0.25) is 0 Å². The van der Waals surface area contributed by atoms with Gasteiger partial charge in [-0.1, -0.05) is 6.92 Å². The minimum atomic E-state index is -3.00. The highest BCUT2D eigenvalue weighted by Gasteiger charge is 2.30. The number of piperidine rings is 1. The standard InChI is InChI=1S/C8H16ClNO2S/c1-3-13(11,12)10-5-4-8(9)7(2)6-10/h7-8H,3-6H2,1-2H3. The molecule has 1 fully saturated rings. The van der Waals surface area contributed by atoms with Crippen LogP contribution in [0.15, 0.2) is 0 Å². The normalized spacial score (nSPS) is 31.9. The summed E-state index contributed by atoms with van der Waals surface area (Å²) in [5.41, 5.74) is 0. The molecule has 0 aromatic carbocycles. The van der Waals surface area contributed by atoms with Crippen LogP contribution < -0.4 is 0 Å². The molecule has 0 aromatic rings. The fraction of sp³-hybridized carbons (Fsp3) is 1.00. The highest BCUT2D eigenvalue weighted by Crippen LogP contribution is 2.23. The van der Waals surface area contributed by atoms with E-state index in [2.05, 4.69) is 0 Å². The van der Waals surface area contributed by atoms with E-state index in [4.69, 9.17) is 11.6 Å². The number of halogens is 1. The first kappa shape index (κ1) is 11.3. The van der Waals surface area contributed by atoms with Gasteiger partial charge in [0, 0.05) is 18.5 Å². The van der Waals surface area contributed by atoms with Crippen molar-refractivity contribution in [3.63, 3.8) is 0 Å². The van der Waals surface area contributed by atoms with E-state index in [1.54, 1.807) is 11.2 Å². The lowest BCUT2D eigenvalue weighted by Gasteiger charge is -2.32. The van der Waals surface area contributed by atoms with Crippen molar-refractivity contribution in [3.05, 3.63) is 0 Å². The Labute approximate surface area is 85.1 Å². The van der Waals surface area contributed by atoms with Crippen LogP contribution >= 0.6 is 11.6 Å². The number of alkyl halides is 1. The van der Waals surface area contributed by atoms with Gasteiger partial charge < -0.3 is 0 Å². The van der Waals surface area contributed by atoms with Gasteiger partial charge >= 0.3 is 0 Å². The molecule has 0 aliphatic carbocycles. The van der Waals surface area contributed by atoms with Crippen LogP contribution in [0, 0.1) is 5.92 Å². The molecule has 1 aliphatic rings. The molecule has 13 heavy (non-hydrogen) atoms. The molecule has 1 saturated heterocycles. The number of hydrogen-bond acceptors (Lipinski definition) is 2. The summed E-state index contributed by atoms with van der Waals surface area (Å²) in [7, 11) is -3.00. The minimum Gasteiger partial charge on any atom is -0.212 e. The summed E-state index contributed by atoms with van der Waals surface area (Å²) in [4.78, 5) is 0. The Hall–Kier alpha value is 0.200. The van der Waals surface area contributed by atoms with E-state index in [-0.39, 0.29) is 17.0 Å². The molecule has 78 valence electrons. The topological polar surface area (TPSA) is 37.4 Å². The summed E-state index contributed by atoms with van der Waals surface area (Å²) in [5.74, 6) is 0.448. The second-order valence-corrected chi connectivity index (χ2v) is 6.36. The summed E-state index contributed by atoms with van der Waals surface area (Å²) >= 11 is 6.00. The monoisotopic (exact) mass is 225 g/mol. The van der Waals surface area contributed by atoms with Gasteiger partial charge in [0.25, 0.3) is 0 Å². The smallest absolute Gasteiger partial charge is 0.212 e. The number of rotatable bonds is 2. The third-order valence-corrected chi connectivity index (χ3v) is 5.02. The Morgan fingerprint density at radius 2 is 2.15 bits per heavy atom. The fourth-order valence-corrected chi connectivity index (χ4v) is 2.90. The summed E-state index contributed by atoms with van der Waals surface area (Å²) in [5, 5.41) is 0.128. The first-order valence-corrected chi connectivity index (χ1v) is 6.64. The van der Waals surface area contributed by atoms with Crippen molar-refractivity contribution in [2.75, 3.05) is 18.8 Å². The lowest BCUT2D eigenvalue weighted by atomic mass is 10.0. The summed E-state index contributed by atoms with van der Waals surface area (Å²) in [6.07, 6.45) is 0.766. The van der Waals surface area contributed by atoms with Crippen LogP contribution in [-0.4, -0.2) is 36.9 Å². The Kier molecular flexibility index (Phi) is 3.60. The Morgan fingerprint density at radius 1 is 1.54 bits per heavy atom. The van der Waals surface area contributed by atoms with Crippen molar-refractivity contribution in [1.82, 2.24) is 4.31 Å². The molecule has 0 aromatic heterocycles. The molecule has 0 amide bonds. The van der Waals surface area contributed by atoms with Crippen molar-refractivity contribution in [2.45, 2.75) is 25.6 Å². The van der Waals surface area contributed by atoms with Gasteiger partial charge in [-0.2, -0.15) is 0 Å². The van der Waals surface area contributed by atoms with Gasteiger partial charge in [-0.05, 0) is 19.3 Å². The van der Waals surface area contributed by atoms with Crippen LogP contribution in [-0.2, 0) is 10.0 Å². The molecule has 1 rings (SSSR count). The summed E-state index contributed by atoms with van der Waals surface area (Å²) in [6.45, 7) is 4.82. The summed E-state index contributed by atoms with van der Waals surface area (Å²) < 4.78 is 24.5. The Bertz CT molecular complexity index is 265. The van der Waals surface area contributed by atoms with Crippen molar-refractivity contribution in [2.24, 2.45) is 5.92 Å². The van der Waals surface area contributed by atoms with Gasteiger partial charge in [0.1, 0.15) is 0 Å². The highest BCUT2D eigenvalue weighted by atomic mass is 35.5. The molecule has 0 spiro atoms. The first-order chi connectivity index (χ1) is 5.97. The van der Waals surface area contributed by atoms with E-state index in [1.165, 1.54) is 0 Å². The number of sulfonamides is 1. The molecule has 1 aliphatic heterocycles. The van der Waals surface area contributed by atoms with Crippen LogP contribution in [0.2, 0.25) is 0 Å². The molecule has 3 nitrogen and oxygen atoms in total. The predicted molar refractivity (Wildman–Crippen MR) is 54.5 cm³/mol. The molecule has 0 bridgehead atoms. The maximum absolute atomic E-state index is 11.5. The molecule has 0 saturated carbocycles. The third kappa shape index (κ3) is 2.58. The van der Waals surface area contributed by atoms with Gasteiger partial charge in [0.2, 0.25) is 10.0 Å². The molecular weight excluding hydrogens is 210 g/mol. The second kappa shape index (κ2) is 4.15. The van der Waals surface area contributed by atoms with Gasteiger partial charge in [-0.25, -0.2) is 12.7 Å². The molecule has 2 atom stereocenters. The van der Waals surface area contributed by atoms with E-state index in [0.717, 1.165) is 6.42 Å². The fourth-order valence-electron chi connectivity index (χ4n) is 1.51. The van der Waals surface area contributed by atoms with E-state index in [1.807, 2.05) is 6.92 Å². The van der Waals surface area contributed by atoms with Crippen LogP contribution in [0.4, 0.5) is 0 Å². The molecule has 0 N–H and O–H groups in total.